The Labute approximate surface area is 172 Å². The summed E-state index contributed by atoms with van der Waals surface area (Å²) < 4.78 is 33.0. The van der Waals surface area contributed by atoms with Gasteiger partial charge in [0, 0.05) is 4.47 Å². The first-order chi connectivity index (χ1) is 13.3. The van der Waals surface area contributed by atoms with E-state index in [1.165, 1.54) is 10.5 Å². The average molecular weight is 470 g/mol. The van der Waals surface area contributed by atoms with Crippen LogP contribution in [0.25, 0.3) is 0 Å². The quantitative estimate of drug-likeness (QED) is 0.472. The number of hydrogen-bond donors (Lipinski definition) is 2. The van der Waals surface area contributed by atoms with Crippen LogP contribution in [0, 0.1) is 6.92 Å². The minimum Gasteiger partial charge on any atom is -0.460 e. The molecule has 1 aromatic carbocycles. The maximum absolute atomic E-state index is 12.7. The molecule has 28 heavy (non-hydrogen) atoms. The molecule has 2 heterocycles. The van der Waals surface area contributed by atoms with Gasteiger partial charge in [-0.05, 0) is 43.3 Å². The van der Waals surface area contributed by atoms with Crippen molar-refractivity contribution in [1.82, 2.24) is 9.73 Å². The highest BCUT2D eigenvalue weighted by Crippen LogP contribution is 2.18. The van der Waals surface area contributed by atoms with Crippen molar-refractivity contribution >= 4 is 38.1 Å². The van der Waals surface area contributed by atoms with Gasteiger partial charge in [-0.2, -0.15) is 9.41 Å². The van der Waals surface area contributed by atoms with Gasteiger partial charge in [-0.15, -0.1) is 0 Å². The van der Waals surface area contributed by atoms with E-state index in [9.17, 15) is 13.2 Å². The summed E-state index contributed by atoms with van der Waals surface area (Å²) in [5, 5.41) is 3.88. The van der Waals surface area contributed by atoms with Crippen LogP contribution in [-0.2, 0) is 14.8 Å². The van der Waals surface area contributed by atoms with E-state index in [1.54, 1.807) is 30.3 Å². The van der Waals surface area contributed by atoms with E-state index >= 15 is 0 Å². The fourth-order valence-corrected chi connectivity index (χ4v) is 4.64. The number of benzene rings is 1. The fourth-order valence-electron chi connectivity index (χ4n) is 2.93. The molecule has 2 aromatic rings. The van der Waals surface area contributed by atoms with Crippen molar-refractivity contribution in [1.29, 1.82) is 0 Å². The van der Waals surface area contributed by atoms with Gasteiger partial charge in [-0.25, -0.2) is 13.8 Å². The Balaban J connectivity index is 1.47. The molecule has 1 aliphatic rings. The van der Waals surface area contributed by atoms with Crippen LogP contribution in [0.4, 0.5) is 0 Å². The number of hydrazone groups is 1. The summed E-state index contributed by atoms with van der Waals surface area (Å²) in [4.78, 5) is 13.3. The number of hydrogen-bond acceptors (Lipinski definition) is 5. The lowest BCUT2D eigenvalue weighted by atomic mass is 10.3. The predicted molar refractivity (Wildman–Crippen MR) is 108 cm³/mol. The molecule has 150 valence electrons. The molecule has 1 aromatic heterocycles. The number of carbonyl (C=O) groups excluding carboxylic acids is 1. The van der Waals surface area contributed by atoms with Crippen LogP contribution in [0.5, 0.6) is 0 Å². The average Bonchev–Trinajstić information content (AvgIpc) is 3.08. The monoisotopic (exact) mass is 469 g/mol. The van der Waals surface area contributed by atoms with Crippen molar-refractivity contribution in [3.8, 4) is 0 Å². The molecule has 0 spiro atoms. The first kappa shape index (κ1) is 20.7. The second-order valence-electron chi connectivity index (χ2n) is 6.53. The van der Waals surface area contributed by atoms with Crippen molar-refractivity contribution in [3.63, 3.8) is 0 Å². The van der Waals surface area contributed by atoms with Crippen LogP contribution in [-0.4, -0.2) is 57.6 Å². The molecule has 8 nitrogen and oxygen atoms in total. The Hall–Kier alpha value is -2.01. The van der Waals surface area contributed by atoms with E-state index in [4.69, 9.17) is 4.42 Å². The number of furan rings is 1. The van der Waals surface area contributed by atoms with Crippen LogP contribution in [0.2, 0.25) is 0 Å². The zero-order chi connectivity index (χ0) is 20.1. The number of halogens is 1. The van der Waals surface area contributed by atoms with Gasteiger partial charge in [0.25, 0.3) is 5.91 Å². The lowest BCUT2D eigenvalue weighted by molar-refractivity contribution is -0.895. The highest BCUT2D eigenvalue weighted by molar-refractivity contribution is 9.10. The van der Waals surface area contributed by atoms with Gasteiger partial charge in [0.2, 0.25) is 10.0 Å². The van der Waals surface area contributed by atoms with Crippen molar-refractivity contribution in [2.45, 2.75) is 11.8 Å². The number of quaternary nitrogens is 1. The van der Waals surface area contributed by atoms with E-state index in [0.29, 0.717) is 31.9 Å². The third-order valence-corrected chi connectivity index (χ3v) is 6.88. The highest BCUT2D eigenvalue weighted by atomic mass is 79.9. The molecule has 0 atom stereocenters. The maximum Gasteiger partial charge on any atom is 0.295 e. The molecule has 0 bridgehead atoms. The molecular formula is C18H22BrN4O4S+. The smallest absolute Gasteiger partial charge is 0.295 e. The molecule has 0 unspecified atom stereocenters. The molecule has 0 saturated carbocycles. The van der Waals surface area contributed by atoms with E-state index in [1.807, 2.05) is 13.0 Å². The molecule has 1 fully saturated rings. The van der Waals surface area contributed by atoms with Crippen LogP contribution in [0.1, 0.15) is 11.5 Å². The van der Waals surface area contributed by atoms with Gasteiger partial charge in [-0.1, -0.05) is 15.9 Å². The summed E-state index contributed by atoms with van der Waals surface area (Å²) in [6.07, 6.45) is 1.45. The first-order valence-electron chi connectivity index (χ1n) is 8.82. The third kappa shape index (κ3) is 5.28. The van der Waals surface area contributed by atoms with Gasteiger partial charge in [0.15, 0.2) is 6.54 Å². The number of rotatable bonds is 6. The summed E-state index contributed by atoms with van der Waals surface area (Å²) >= 11 is 3.31. The number of aryl methyl sites for hydroxylation is 1. The highest BCUT2D eigenvalue weighted by Gasteiger charge is 2.31. The van der Waals surface area contributed by atoms with E-state index in [0.717, 1.165) is 15.1 Å². The molecule has 1 aliphatic heterocycles. The van der Waals surface area contributed by atoms with Gasteiger partial charge in [-0.3, -0.25) is 4.79 Å². The molecule has 1 amide bonds. The topological polar surface area (TPSA) is 96.4 Å². The van der Waals surface area contributed by atoms with Crippen LogP contribution in [0.3, 0.4) is 0 Å². The SMILES string of the molecule is Cc1ccc(/C=N\NC(=O)C[NH+]2CCN(S(=O)(=O)c3ccc(Br)cc3)CC2)o1. The zero-order valence-corrected chi connectivity index (χ0v) is 17.8. The summed E-state index contributed by atoms with van der Waals surface area (Å²) in [7, 11) is -3.51. The molecular weight excluding hydrogens is 448 g/mol. The Morgan fingerprint density at radius 1 is 1.25 bits per heavy atom. The Bertz CT molecular complexity index is 948. The normalized spacial score (nSPS) is 16.5. The number of nitrogens with zero attached hydrogens (tertiary/aromatic N) is 2. The van der Waals surface area contributed by atoms with E-state index < -0.39 is 10.0 Å². The summed E-state index contributed by atoms with van der Waals surface area (Å²) in [5.74, 6) is 1.11. The summed E-state index contributed by atoms with van der Waals surface area (Å²) in [6.45, 7) is 3.93. The maximum atomic E-state index is 12.7. The van der Waals surface area contributed by atoms with Gasteiger partial charge in [0.1, 0.15) is 11.5 Å². The molecule has 0 aliphatic carbocycles. The second kappa shape index (κ2) is 8.99. The van der Waals surface area contributed by atoms with Crippen molar-refractivity contribution < 1.29 is 22.5 Å². The minimum absolute atomic E-state index is 0.223. The van der Waals surface area contributed by atoms with Gasteiger partial charge < -0.3 is 9.32 Å². The fraction of sp³-hybridized carbons (Fsp3) is 0.333. The largest absolute Gasteiger partial charge is 0.460 e. The number of nitrogens with one attached hydrogen (secondary N) is 2. The van der Waals surface area contributed by atoms with E-state index in [2.05, 4.69) is 26.5 Å². The molecule has 10 heteroatoms. The van der Waals surface area contributed by atoms with Gasteiger partial charge in [0.05, 0.1) is 37.3 Å². The lowest BCUT2D eigenvalue weighted by Gasteiger charge is -2.31. The predicted octanol–water partition coefficient (Wildman–Crippen LogP) is 0.390. The summed E-state index contributed by atoms with van der Waals surface area (Å²) in [5.41, 5.74) is 2.47. The molecule has 0 radical (unpaired) electrons. The van der Waals surface area contributed by atoms with Crippen molar-refractivity contribution in [2.75, 3.05) is 32.7 Å². The van der Waals surface area contributed by atoms with E-state index in [-0.39, 0.29) is 17.3 Å². The number of carbonyl (C=O) groups is 1. The van der Waals surface area contributed by atoms with Crippen LogP contribution >= 0.6 is 15.9 Å². The Kier molecular flexibility index (Phi) is 6.65. The number of sulfonamides is 1. The molecule has 1 saturated heterocycles. The molecule has 2 N–H and O–H groups in total. The lowest BCUT2D eigenvalue weighted by Crippen LogP contribution is -3.15. The Morgan fingerprint density at radius 3 is 2.54 bits per heavy atom. The minimum atomic E-state index is -3.51. The number of amides is 1. The standard InChI is InChI=1S/C18H21BrN4O4S/c1-14-2-5-16(27-14)12-20-21-18(24)13-22-8-10-23(11-9-22)28(25,26)17-6-3-15(19)4-7-17/h2-7,12H,8-11,13H2,1H3,(H,21,24)/p+1/b20-12-. The van der Waals surface area contributed by atoms with Gasteiger partial charge >= 0.3 is 0 Å². The number of piperazine rings is 1. The molecule has 3 rings (SSSR count). The second-order valence-corrected chi connectivity index (χ2v) is 9.38. The Morgan fingerprint density at radius 2 is 1.93 bits per heavy atom. The van der Waals surface area contributed by atoms with Crippen molar-refractivity contribution in [3.05, 3.63) is 52.4 Å². The zero-order valence-electron chi connectivity index (χ0n) is 15.4. The first-order valence-corrected chi connectivity index (χ1v) is 11.1. The van der Waals surface area contributed by atoms with Crippen LogP contribution in [0.15, 0.2) is 55.3 Å². The third-order valence-electron chi connectivity index (χ3n) is 4.43. The summed E-state index contributed by atoms with van der Waals surface area (Å²) in [6, 6.07) is 10.2. The van der Waals surface area contributed by atoms with Crippen molar-refractivity contribution in [2.24, 2.45) is 5.10 Å². The van der Waals surface area contributed by atoms with Crippen LogP contribution < -0.4 is 10.3 Å².